The first-order valence-corrected chi connectivity index (χ1v) is 10.5. The number of amides is 1. The van der Waals surface area contributed by atoms with E-state index in [0.717, 1.165) is 64.2 Å². The molecule has 2 saturated carbocycles. The summed E-state index contributed by atoms with van der Waals surface area (Å²) in [6.45, 7) is 8.88. The van der Waals surface area contributed by atoms with Crippen LogP contribution in [0.5, 0.6) is 0 Å². The third kappa shape index (κ3) is 4.70. The van der Waals surface area contributed by atoms with Crippen LogP contribution < -0.4 is 16.0 Å². The lowest BCUT2D eigenvalue weighted by molar-refractivity contribution is -0.133. The van der Waals surface area contributed by atoms with Gasteiger partial charge < -0.3 is 20.7 Å². The highest BCUT2D eigenvalue weighted by Gasteiger charge is 2.53. The molecular formula is C20H38N4O2. The molecule has 6 nitrogen and oxygen atoms in total. The Hall–Kier alpha value is -1.30. The van der Waals surface area contributed by atoms with Crippen LogP contribution in [0, 0.1) is 11.3 Å². The summed E-state index contributed by atoms with van der Waals surface area (Å²) in [6.07, 6.45) is 7.81. The van der Waals surface area contributed by atoms with Gasteiger partial charge in [0.05, 0.1) is 6.10 Å². The van der Waals surface area contributed by atoms with Gasteiger partial charge in [-0.1, -0.05) is 20.3 Å². The predicted molar refractivity (Wildman–Crippen MR) is 106 cm³/mol. The Bertz CT molecular complexity index is 472. The first-order chi connectivity index (χ1) is 12.6. The fourth-order valence-electron chi connectivity index (χ4n) is 4.26. The molecule has 0 aromatic heterocycles. The highest BCUT2D eigenvalue weighted by Crippen LogP contribution is 2.48. The molecule has 0 aliphatic heterocycles. The van der Waals surface area contributed by atoms with E-state index < -0.39 is 0 Å². The summed E-state index contributed by atoms with van der Waals surface area (Å²) < 4.78 is 5.95. The Morgan fingerprint density at radius 2 is 1.85 bits per heavy atom. The van der Waals surface area contributed by atoms with Crippen molar-refractivity contribution >= 4 is 11.9 Å². The molecule has 2 aliphatic carbocycles. The van der Waals surface area contributed by atoms with Crippen molar-refractivity contribution in [3.05, 3.63) is 0 Å². The Balaban J connectivity index is 1.69. The molecule has 0 heterocycles. The molecule has 0 bridgehead atoms. The van der Waals surface area contributed by atoms with Crippen LogP contribution in [0.2, 0.25) is 0 Å². The lowest BCUT2D eigenvalue weighted by Crippen LogP contribution is -2.65. The van der Waals surface area contributed by atoms with Crippen molar-refractivity contribution in [3.8, 4) is 0 Å². The van der Waals surface area contributed by atoms with E-state index in [9.17, 15) is 4.79 Å². The molecule has 6 heteroatoms. The summed E-state index contributed by atoms with van der Waals surface area (Å²) in [5.41, 5.74) is 0.199. The van der Waals surface area contributed by atoms with Crippen molar-refractivity contribution in [2.24, 2.45) is 16.3 Å². The van der Waals surface area contributed by atoms with E-state index in [1.54, 1.807) is 0 Å². The van der Waals surface area contributed by atoms with Gasteiger partial charge in [0.15, 0.2) is 5.96 Å². The summed E-state index contributed by atoms with van der Waals surface area (Å²) in [5.74, 6) is 1.35. The second kappa shape index (κ2) is 10.1. The number of carbonyl (C=O) groups is 1. The fourth-order valence-corrected chi connectivity index (χ4v) is 4.26. The summed E-state index contributed by atoms with van der Waals surface area (Å²) in [7, 11) is 1.81. The number of nitrogens with zero attached hydrogens (tertiary/aromatic N) is 1. The fraction of sp³-hybridized carbons (Fsp3) is 0.900. The number of aliphatic imine (C=N–C) groups is 1. The quantitative estimate of drug-likeness (QED) is 0.315. The zero-order chi connectivity index (χ0) is 19.0. The average Bonchev–Trinajstić information content (AvgIpc) is 2.58. The van der Waals surface area contributed by atoms with Crippen LogP contribution in [0.15, 0.2) is 4.99 Å². The largest absolute Gasteiger partial charge is 0.378 e. The summed E-state index contributed by atoms with van der Waals surface area (Å²) in [5, 5.41) is 10.0. The molecule has 0 aromatic carbocycles. The third-order valence-electron chi connectivity index (χ3n) is 6.43. The third-order valence-corrected chi connectivity index (χ3v) is 6.43. The molecule has 26 heavy (non-hydrogen) atoms. The summed E-state index contributed by atoms with van der Waals surface area (Å²) >= 11 is 0. The first kappa shape index (κ1) is 21.0. The highest BCUT2D eigenvalue weighted by molar-refractivity contribution is 5.80. The normalized spacial score (nSPS) is 25.2. The van der Waals surface area contributed by atoms with Crippen LogP contribution in [-0.2, 0) is 9.53 Å². The summed E-state index contributed by atoms with van der Waals surface area (Å²) in [4.78, 5) is 16.2. The number of carbonyl (C=O) groups excluding carboxylic acids is 1. The Labute approximate surface area is 158 Å². The molecule has 0 radical (unpaired) electrons. The van der Waals surface area contributed by atoms with Gasteiger partial charge in [-0.15, -0.1) is 0 Å². The molecule has 3 N–H and O–H groups in total. The maximum absolute atomic E-state index is 11.8. The van der Waals surface area contributed by atoms with Crippen LogP contribution in [0.25, 0.3) is 0 Å². The van der Waals surface area contributed by atoms with E-state index in [1.807, 2.05) is 7.05 Å². The molecule has 1 amide bonds. The van der Waals surface area contributed by atoms with Crippen molar-refractivity contribution < 1.29 is 9.53 Å². The zero-order valence-corrected chi connectivity index (χ0v) is 17.1. The van der Waals surface area contributed by atoms with Crippen LogP contribution >= 0.6 is 0 Å². The minimum Gasteiger partial charge on any atom is -0.378 e. The first-order valence-electron chi connectivity index (χ1n) is 10.5. The average molecular weight is 367 g/mol. The van der Waals surface area contributed by atoms with Crippen LogP contribution in [0.3, 0.4) is 0 Å². The minimum absolute atomic E-state index is 0.199. The number of hydrogen-bond donors (Lipinski definition) is 3. The standard InChI is InChI=1S/C20H38N4O2/c1-5-20(6-2)16(14-17(20)26-7-3)24-19(21-4)23-13-9-12-22-18(25)15-10-8-11-15/h15-17H,5-14H2,1-4H3,(H,22,25)(H2,21,23,24). The number of nitrogens with one attached hydrogen (secondary N) is 3. The van der Waals surface area contributed by atoms with Crippen LogP contribution in [0.4, 0.5) is 0 Å². The van der Waals surface area contributed by atoms with E-state index in [2.05, 4.69) is 41.7 Å². The number of guanidine groups is 1. The SMILES string of the molecule is CCOC1CC(NC(=NC)NCCCNC(=O)C2CCC2)C1(CC)CC. The van der Waals surface area contributed by atoms with E-state index in [4.69, 9.17) is 4.74 Å². The van der Waals surface area contributed by atoms with Gasteiger partial charge in [-0.05, 0) is 45.4 Å². The lowest BCUT2D eigenvalue weighted by atomic mass is 9.58. The Kier molecular flexibility index (Phi) is 8.19. The molecular weight excluding hydrogens is 328 g/mol. The van der Waals surface area contributed by atoms with E-state index in [1.165, 1.54) is 6.42 Å². The van der Waals surface area contributed by atoms with E-state index in [0.29, 0.717) is 12.1 Å². The number of ether oxygens (including phenoxy) is 1. The predicted octanol–water partition coefficient (Wildman–Crippen LogP) is 2.44. The van der Waals surface area contributed by atoms with Gasteiger partial charge in [0, 0.05) is 44.1 Å². The van der Waals surface area contributed by atoms with Crippen LogP contribution in [-0.4, -0.2) is 50.8 Å². The summed E-state index contributed by atoms with van der Waals surface area (Å²) in [6, 6.07) is 0.401. The maximum atomic E-state index is 11.8. The molecule has 2 atom stereocenters. The van der Waals surface area contributed by atoms with Crippen molar-refractivity contribution in [1.29, 1.82) is 0 Å². The molecule has 0 saturated heterocycles. The van der Waals surface area contributed by atoms with Gasteiger partial charge in [-0.25, -0.2) is 0 Å². The number of hydrogen-bond acceptors (Lipinski definition) is 3. The Morgan fingerprint density at radius 1 is 1.15 bits per heavy atom. The van der Waals surface area contributed by atoms with E-state index in [-0.39, 0.29) is 17.2 Å². The molecule has 2 unspecified atom stereocenters. The van der Waals surface area contributed by atoms with Gasteiger partial charge in [0.1, 0.15) is 0 Å². The number of rotatable bonds is 10. The highest BCUT2D eigenvalue weighted by atomic mass is 16.5. The topological polar surface area (TPSA) is 74.8 Å². The molecule has 0 aromatic rings. The molecule has 2 rings (SSSR count). The van der Waals surface area contributed by atoms with Gasteiger partial charge in [-0.3, -0.25) is 9.79 Å². The van der Waals surface area contributed by atoms with Gasteiger partial charge in [-0.2, -0.15) is 0 Å². The van der Waals surface area contributed by atoms with Crippen molar-refractivity contribution in [1.82, 2.24) is 16.0 Å². The van der Waals surface area contributed by atoms with E-state index >= 15 is 0 Å². The van der Waals surface area contributed by atoms with Crippen LogP contribution in [0.1, 0.15) is 65.7 Å². The zero-order valence-electron chi connectivity index (χ0n) is 17.1. The van der Waals surface area contributed by atoms with Gasteiger partial charge in [0.25, 0.3) is 0 Å². The molecule has 0 spiro atoms. The Morgan fingerprint density at radius 3 is 2.38 bits per heavy atom. The molecule has 2 aliphatic rings. The van der Waals surface area contributed by atoms with Crippen molar-refractivity contribution in [3.63, 3.8) is 0 Å². The lowest BCUT2D eigenvalue weighted by Gasteiger charge is -2.55. The van der Waals surface area contributed by atoms with Gasteiger partial charge >= 0.3 is 0 Å². The monoisotopic (exact) mass is 366 g/mol. The molecule has 2 fully saturated rings. The second-order valence-corrected chi connectivity index (χ2v) is 7.59. The minimum atomic E-state index is 0.199. The van der Waals surface area contributed by atoms with Crippen molar-refractivity contribution in [2.75, 3.05) is 26.7 Å². The maximum Gasteiger partial charge on any atom is 0.223 e. The second-order valence-electron chi connectivity index (χ2n) is 7.59. The van der Waals surface area contributed by atoms with Gasteiger partial charge in [0.2, 0.25) is 5.91 Å². The smallest absolute Gasteiger partial charge is 0.223 e. The van der Waals surface area contributed by atoms with Crippen molar-refractivity contribution in [2.45, 2.75) is 77.9 Å². The molecule has 150 valence electrons.